The van der Waals surface area contributed by atoms with Gasteiger partial charge in [0.05, 0.1) is 0 Å². The highest BCUT2D eigenvalue weighted by atomic mass is 32.2. The van der Waals surface area contributed by atoms with Gasteiger partial charge in [0, 0.05) is 11.3 Å². The monoisotopic (exact) mass is 256 g/mol. The maximum absolute atomic E-state index is 10.7. The number of carboxylic acid groups (broad SMARTS) is 1. The standard InChI is InChI=1S/C11H16N2O3S/c1-2-17-9-5-3-4-7(9)12-11-13-8(6-16-11)10(14)15/h6-7,9H,2-5H2,1H3,(H,12,13)(H,14,15). The Balaban J connectivity index is 1.97. The second-order valence-electron chi connectivity index (χ2n) is 4.02. The molecule has 0 spiro atoms. The van der Waals surface area contributed by atoms with Gasteiger partial charge in [0.1, 0.15) is 6.26 Å². The number of aromatic carboxylic acids is 1. The summed E-state index contributed by atoms with van der Waals surface area (Å²) in [6.07, 6.45) is 4.65. The summed E-state index contributed by atoms with van der Waals surface area (Å²) in [6, 6.07) is 0.649. The van der Waals surface area contributed by atoms with Crippen LogP contribution in [0, 0.1) is 0 Å². The molecule has 1 heterocycles. The van der Waals surface area contributed by atoms with Gasteiger partial charge in [-0.25, -0.2) is 4.79 Å². The Morgan fingerprint density at radius 2 is 2.53 bits per heavy atom. The largest absolute Gasteiger partial charge is 0.476 e. The van der Waals surface area contributed by atoms with E-state index in [0.717, 1.165) is 12.2 Å². The molecule has 1 aromatic rings. The molecule has 2 unspecified atom stereocenters. The number of anilines is 1. The summed E-state index contributed by atoms with van der Waals surface area (Å²) in [6.45, 7) is 2.15. The smallest absolute Gasteiger partial charge is 0.357 e. The lowest BCUT2D eigenvalue weighted by Gasteiger charge is -2.18. The molecule has 17 heavy (non-hydrogen) atoms. The van der Waals surface area contributed by atoms with Crippen LogP contribution in [0.5, 0.6) is 0 Å². The molecular formula is C11H16N2O3S. The Kier molecular flexibility index (Phi) is 3.93. The summed E-state index contributed by atoms with van der Waals surface area (Å²) in [5, 5.41) is 12.5. The number of hydrogen-bond donors (Lipinski definition) is 2. The van der Waals surface area contributed by atoms with Gasteiger partial charge in [-0.1, -0.05) is 13.3 Å². The lowest BCUT2D eigenvalue weighted by atomic mass is 10.2. The first kappa shape index (κ1) is 12.3. The molecule has 0 saturated heterocycles. The first-order valence-electron chi connectivity index (χ1n) is 5.77. The van der Waals surface area contributed by atoms with Gasteiger partial charge in [-0.05, 0) is 18.6 Å². The second-order valence-corrected chi connectivity index (χ2v) is 5.53. The fourth-order valence-electron chi connectivity index (χ4n) is 2.10. The van der Waals surface area contributed by atoms with Crippen molar-refractivity contribution in [3.8, 4) is 0 Å². The summed E-state index contributed by atoms with van der Waals surface area (Å²) in [4.78, 5) is 14.5. The molecule has 1 aliphatic carbocycles. The zero-order valence-corrected chi connectivity index (χ0v) is 10.5. The van der Waals surface area contributed by atoms with Gasteiger partial charge >= 0.3 is 5.97 Å². The van der Waals surface area contributed by atoms with Crippen molar-refractivity contribution in [1.29, 1.82) is 0 Å². The number of hydrogen-bond acceptors (Lipinski definition) is 5. The van der Waals surface area contributed by atoms with E-state index < -0.39 is 5.97 Å². The molecule has 1 fully saturated rings. The number of thioether (sulfide) groups is 1. The van der Waals surface area contributed by atoms with Crippen molar-refractivity contribution in [3.05, 3.63) is 12.0 Å². The van der Waals surface area contributed by atoms with Crippen LogP contribution in [-0.4, -0.2) is 33.1 Å². The summed E-state index contributed by atoms with van der Waals surface area (Å²) < 4.78 is 5.10. The predicted octanol–water partition coefficient (Wildman–Crippen LogP) is 2.46. The van der Waals surface area contributed by atoms with Crippen molar-refractivity contribution in [2.24, 2.45) is 0 Å². The molecular weight excluding hydrogens is 240 g/mol. The number of carbonyl (C=O) groups is 1. The SMILES string of the molecule is CCSC1CCCC1Nc1nc(C(=O)O)co1. The Morgan fingerprint density at radius 1 is 1.71 bits per heavy atom. The fourth-order valence-corrected chi connectivity index (χ4v) is 3.30. The highest BCUT2D eigenvalue weighted by Crippen LogP contribution is 2.31. The molecule has 0 radical (unpaired) electrons. The third-order valence-corrected chi connectivity index (χ3v) is 4.19. The third kappa shape index (κ3) is 2.94. The van der Waals surface area contributed by atoms with Crippen molar-refractivity contribution < 1.29 is 14.3 Å². The van der Waals surface area contributed by atoms with Crippen LogP contribution >= 0.6 is 11.8 Å². The van der Waals surface area contributed by atoms with Gasteiger partial charge < -0.3 is 14.8 Å². The van der Waals surface area contributed by atoms with Gasteiger partial charge in [-0.2, -0.15) is 16.7 Å². The number of carboxylic acids is 1. The zero-order chi connectivity index (χ0) is 12.3. The van der Waals surface area contributed by atoms with Gasteiger partial charge in [0.2, 0.25) is 0 Å². The summed E-state index contributed by atoms with van der Waals surface area (Å²) in [7, 11) is 0. The maximum Gasteiger partial charge on any atom is 0.357 e. The van der Waals surface area contributed by atoms with Gasteiger partial charge in [0.25, 0.3) is 6.01 Å². The molecule has 94 valence electrons. The average Bonchev–Trinajstić information content (AvgIpc) is 2.90. The number of aromatic nitrogens is 1. The van der Waals surface area contributed by atoms with Crippen LogP contribution in [0.3, 0.4) is 0 Å². The molecule has 5 nitrogen and oxygen atoms in total. The van der Waals surface area contributed by atoms with E-state index in [2.05, 4.69) is 17.2 Å². The lowest BCUT2D eigenvalue weighted by molar-refractivity contribution is 0.0690. The molecule has 0 aromatic carbocycles. The van der Waals surface area contributed by atoms with E-state index >= 15 is 0 Å². The number of rotatable bonds is 5. The summed E-state index contributed by atoms with van der Waals surface area (Å²) in [5.41, 5.74) is -0.0507. The molecule has 2 atom stereocenters. The summed E-state index contributed by atoms with van der Waals surface area (Å²) in [5.74, 6) is 0.0298. The van der Waals surface area contributed by atoms with E-state index in [-0.39, 0.29) is 5.69 Å². The van der Waals surface area contributed by atoms with Crippen LogP contribution in [0.4, 0.5) is 6.01 Å². The molecule has 1 saturated carbocycles. The minimum absolute atomic E-state index is 0.0507. The predicted molar refractivity (Wildman–Crippen MR) is 66.6 cm³/mol. The maximum atomic E-state index is 10.7. The van der Waals surface area contributed by atoms with E-state index in [4.69, 9.17) is 9.52 Å². The number of nitrogens with one attached hydrogen (secondary N) is 1. The van der Waals surface area contributed by atoms with Crippen LogP contribution in [0.25, 0.3) is 0 Å². The Hall–Kier alpha value is -1.17. The molecule has 0 bridgehead atoms. The van der Waals surface area contributed by atoms with Crippen molar-refractivity contribution in [2.45, 2.75) is 37.5 Å². The Morgan fingerprint density at radius 3 is 3.18 bits per heavy atom. The molecule has 0 aliphatic heterocycles. The van der Waals surface area contributed by atoms with Crippen molar-refractivity contribution in [3.63, 3.8) is 0 Å². The third-order valence-electron chi connectivity index (χ3n) is 2.87. The van der Waals surface area contributed by atoms with Gasteiger partial charge in [0.15, 0.2) is 5.69 Å². The number of nitrogens with zero attached hydrogens (tertiary/aromatic N) is 1. The molecule has 2 rings (SSSR count). The van der Waals surface area contributed by atoms with Gasteiger partial charge in [-0.15, -0.1) is 0 Å². The highest BCUT2D eigenvalue weighted by Gasteiger charge is 2.28. The van der Waals surface area contributed by atoms with E-state index in [1.807, 2.05) is 11.8 Å². The van der Waals surface area contributed by atoms with Crippen LogP contribution in [0.1, 0.15) is 36.7 Å². The fraction of sp³-hybridized carbons (Fsp3) is 0.636. The van der Waals surface area contributed by atoms with Crippen LogP contribution in [0.15, 0.2) is 10.7 Å². The normalized spacial score (nSPS) is 23.8. The van der Waals surface area contributed by atoms with Crippen molar-refractivity contribution in [2.75, 3.05) is 11.1 Å². The minimum atomic E-state index is -1.06. The quantitative estimate of drug-likeness (QED) is 0.842. The van der Waals surface area contributed by atoms with Crippen molar-refractivity contribution >= 4 is 23.7 Å². The average molecular weight is 256 g/mol. The molecule has 6 heteroatoms. The van der Waals surface area contributed by atoms with Gasteiger partial charge in [-0.3, -0.25) is 0 Å². The first-order chi connectivity index (χ1) is 8.20. The first-order valence-corrected chi connectivity index (χ1v) is 6.82. The zero-order valence-electron chi connectivity index (χ0n) is 9.68. The molecule has 2 N–H and O–H groups in total. The van der Waals surface area contributed by atoms with Crippen LogP contribution < -0.4 is 5.32 Å². The van der Waals surface area contributed by atoms with Crippen molar-refractivity contribution in [1.82, 2.24) is 4.98 Å². The van der Waals surface area contributed by atoms with E-state index in [1.165, 1.54) is 19.1 Å². The summed E-state index contributed by atoms with van der Waals surface area (Å²) >= 11 is 1.93. The highest BCUT2D eigenvalue weighted by molar-refractivity contribution is 7.99. The Bertz CT molecular complexity index is 394. The minimum Gasteiger partial charge on any atom is -0.476 e. The number of oxazole rings is 1. The Labute approximate surface area is 104 Å². The van der Waals surface area contributed by atoms with Crippen LogP contribution in [-0.2, 0) is 0 Å². The van der Waals surface area contributed by atoms with E-state index in [1.54, 1.807) is 0 Å². The van der Waals surface area contributed by atoms with E-state index in [9.17, 15) is 4.79 Å². The second kappa shape index (κ2) is 5.44. The van der Waals surface area contributed by atoms with Crippen LogP contribution in [0.2, 0.25) is 0 Å². The molecule has 1 aliphatic rings. The molecule has 1 aromatic heterocycles. The topological polar surface area (TPSA) is 75.4 Å². The molecule has 0 amide bonds. The van der Waals surface area contributed by atoms with E-state index in [0.29, 0.717) is 17.3 Å². The lowest BCUT2D eigenvalue weighted by Crippen LogP contribution is -2.26.